The van der Waals surface area contributed by atoms with Crippen LogP contribution in [0, 0.1) is 6.92 Å². The topological polar surface area (TPSA) is 96.5 Å². The van der Waals surface area contributed by atoms with Crippen LogP contribution in [0.4, 0.5) is 0 Å². The van der Waals surface area contributed by atoms with Crippen LogP contribution >= 0.6 is 23.4 Å². The summed E-state index contributed by atoms with van der Waals surface area (Å²) in [6, 6.07) is 8.59. The summed E-state index contributed by atoms with van der Waals surface area (Å²) >= 11 is 7.35. The van der Waals surface area contributed by atoms with Crippen LogP contribution in [-0.4, -0.2) is 39.6 Å². The summed E-state index contributed by atoms with van der Waals surface area (Å²) in [7, 11) is 1.26. The minimum Gasteiger partial charge on any atom is -0.463 e. The zero-order valence-electron chi connectivity index (χ0n) is 15.0. The largest absolute Gasteiger partial charge is 0.463 e. The van der Waals surface area contributed by atoms with Gasteiger partial charge in [-0.15, -0.1) is 10.2 Å². The Morgan fingerprint density at radius 2 is 2.11 bits per heavy atom. The summed E-state index contributed by atoms with van der Waals surface area (Å²) in [6.45, 7) is 1.83. The van der Waals surface area contributed by atoms with Crippen LogP contribution in [0.25, 0.3) is 5.69 Å². The summed E-state index contributed by atoms with van der Waals surface area (Å²) in [6.07, 6.45) is 1.55. The van der Waals surface area contributed by atoms with E-state index in [4.69, 9.17) is 20.8 Å². The fourth-order valence-electron chi connectivity index (χ4n) is 2.21. The van der Waals surface area contributed by atoms with Crippen molar-refractivity contribution in [3.05, 3.63) is 58.8 Å². The lowest BCUT2D eigenvalue weighted by Crippen LogP contribution is -2.08. The molecule has 0 atom stereocenters. The highest BCUT2D eigenvalue weighted by molar-refractivity contribution is 7.99. The van der Waals surface area contributed by atoms with Crippen molar-refractivity contribution in [3.63, 3.8) is 0 Å². The van der Waals surface area contributed by atoms with Gasteiger partial charge in [0, 0.05) is 5.02 Å². The number of benzene rings is 1. The van der Waals surface area contributed by atoms with Gasteiger partial charge in [-0.2, -0.15) is 0 Å². The Morgan fingerprint density at radius 3 is 2.86 bits per heavy atom. The first-order valence-corrected chi connectivity index (χ1v) is 9.46. The predicted molar refractivity (Wildman–Crippen MR) is 102 cm³/mol. The van der Waals surface area contributed by atoms with Gasteiger partial charge in [-0.1, -0.05) is 29.4 Å². The van der Waals surface area contributed by atoms with Gasteiger partial charge in [0.1, 0.15) is 18.7 Å². The number of furan rings is 1. The third-order valence-corrected chi connectivity index (χ3v) is 5.02. The molecule has 0 aliphatic heterocycles. The Morgan fingerprint density at radius 1 is 1.29 bits per heavy atom. The van der Waals surface area contributed by atoms with Gasteiger partial charge < -0.3 is 13.9 Å². The summed E-state index contributed by atoms with van der Waals surface area (Å²) in [5.74, 6) is -0.631. The van der Waals surface area contributed by atoms with E-state index in [2.05, 4.69) is 14.9 Å². The van der Waals surface area contributed by atoms with Gasteiger partial charge in [0.25, 0.3) is 0 Å². The number of hydrogen-bond acceptors (Lipinski definition) is 8. The number of nitrogens with zero attached hydrogens (tertiary/aromatic N) is 3. The molecule has 0 bridgehead atoms. The van der Waals surface area contributed by atoms with Crippen molar-refractivity contribution < 1.29 is 23.5 Å². The third-order valence-electron chi connectivity index (χ3n) is 3.69. The van der Waals surface area contributed by atoms with Gasteiger partial charge in [0.15, 0.2) is 5.16 Å². The van der Waals surface area contributed by atoms with Crippen LogP contribution in [0.1, 0.15) is 21.9 Å². The molecule has 0 aliphatic carbocycles. The van der Waals surface area contributed by atoms with Crippen molar-refractivity contribution in [3.8, 4) is 5.69 Å². The maximum absolute atomic E-state index is 12.0. The lowest BCUT2D eigenvalue weighted by atomic mass is 10.2. The molecule has 146 valence electrons. The first-order valence-electron chi connectivity index (χ1n) is 8.10. The van der Waals surface area contributed by atoms with Crippen LogP contribution in [0.5, 0.6) is 0 Å². The number of aryl methyl sites for hydroxylation is 1. The van der Waals surface area contributed by atoms with E-state index in [0.717, 1.165) is 11.3 Å². The van der Waals surface area contributed by atoms with E-state index in [1.807, 2.05) is 19.1 Å². The highest BCUT2D eigenvalue weighted by atomic mass is 35.5. The molecule has 2 aromatic heterocycles. The molecular weight excluding hydrogens is 406 g/mol. The number of rotatable bonds is 7. The maximum Gasteiger partial charge on any atom is 0.373 e. The molecule has 0 fully saturated rings. The number of thioether (sulfide) groups is 1. The van der Waals surface area contributed by atoms with E-state index < -0.39 is 11.9 Å². The second kappa shape index (κ2) is 8.94. The number of halogens is 1. The van der Waals surface area contributed by atoms with Gasteiger partial charge >= 0.3 is 11.9 Å². The lowest BCUT2D eigenvalue weighted by molar-refractivity contribution is -0.142. The van der Waals surface area contributed by atoms with Crippen LogP contribution in [0.2, 0.25) is 5.02 Å². The number of aromatic nitrogens is 3. The van der Waals surface area contributed by atoms with Crippen molar-refractivity contribution in [2.45, 2.75) is 18.7 Å². The second-order valence-electron chi connectivity index (χ2n) is 5.62. The van der Waals surface area contributed by atoms with Gasteiger partial charge in [-0.3, -0.25) is 9.36 Å². The molecule has 2 heterocycles. The predicted octanol–water partition coefficient (Wildman–Crippen LogP) is 3.44. The number of carbonyl (C=O) groups excluding carboxylic acids is 2. The van der Waals surface area contributed by atoms with Crippen LogP contribution in [0.3, 0.4) is 0 Å². The average molecular weight is 422 g/mol. The Hall–Kier alpha value is -2.78. The molecule has 0 N–H and O–H groups in total. The highest BCUT2D eigenvalue weighted by Crippen LogP contribution is 2.24. The molecule has 0 saturated heterocycles. The first kappa shape index (κ1) is 20.0. The van der Waals surface area contributed by atoms with Crippen molar-refractivity contribution in [2.75, 3.05) is 12.9 Å². The molecule has 28 heavy (non-hydrogen) atoms. The van der Waals surface area contributed by atoms with E-state index in [0.29, 0.717) is 15.9 Å². The molecule has 0 amide bonds. The van der Waals surface area contributed by atoms with E-state index in [1.54, 1.807) is 23.0 Å². The SMILES string of the molecule is COC(=O)c1ccc(COC(=O)CSc2nncn2-c2ccc(C)c(Cl)c2)o1. The van der Waals surface area contributed by atoms with Gasteiger partial charge in [-0.05, 0) is 36.8 Å². The van der Waals surface area contributed by atoms with E-state index in [1.165, 1.54) is 24.9 Å². The molecule has 0 unspecified atom stereocenters. The molecule has 0 spiro atoms. The zero-order chi connectivity index (χ0) is 20.1. The molecule has 3 aromatic rings. The summed E-state index contributed by atoms with van der Waals surface area (Å²) in [5, 5.41) is 9.07. The smallest absolute Gasteiger partial charge is 0.373 e. The summed E-state index contributed by atoms with van der Waals surface area (Å²) < 4.78 is 16.7. The minimum atomic E-state index is -0.594. The molecular formula is C18H16ClN3O5S. The van der Waals surface area contributed by atoms with Crippen LogP contribution in [-0.2, 0) is 20.9 Å². The summed E-state index contributed by atoms with van der Waals surface area (Å²) in [5.41, 5.74) is 1.76. The molecule has 0 aliphatic rings. The number of hydrogen-bond donors (Lipinski definition) is 0. The molecule has 8 nitrogen and oxygen atoms in total. The van der Waals surface area contributed by atoms with Crippen molar-refractivity contribution in [2.24, 2.45) is 0 Å². The zero-order valence-corrected chi connectivity index (χ0v) is 16.6. The van der Waals surface area contributed by atoms with Crippen LogP contribution < -0.4 is 0 Å². The molecule has 3 rings (SSSR count). The number of esters is 2. The molecule has 0 radical (unpaired) electrons. The Kier molecular flexibility index (Phi) is 6.37. The van der Waals surface area contributed by atoms with Crippen molar-refractivity contribution in [1.82, 2.24) is 14.8 Å². The summed E-state index contributed by atoms with van der Waals surface area (Å²) in [4.78, 5) is 23.3. The Balaban J connectivity index is 1.55. The van der Waals surface area contributed by atoms with E-state index in [-0.39, 0.29) is 18.1 Å². The van der Waals surface area contributed by atoms with Crippen LogP contribution in [0.15, 0.2) is 46.2 Å². The normalized spacial score (nSPS) is 10.7. The fourth-order valence-corrected chi connectivity index (χ4v) is 3.12. The monoisotopic (exact) mass is 421 g/mol. The van der Waals surface area contributed by atoms with Crippen molar-refractivity contribution in [1.29, 1.82) is 0 Å². The number of ether oxygens (including phenoxy) is 2. The Bertz CT molecular complexity index is 1000. The van der Waals surface area contributed by atoms with Gasteiger partial charge in [0.05, 0.1) is 18.6 Å². The van der Waals surface area contributed by atoms with E-state index in [9.17, 15) is 9.59 Å². The molecule has 0 saturated carbocycles. The number of methoxy groups -OCH3 is 1. The standard InChI is InChI=1S/C18H16ClN3O5S/c1-11-3-4-12(7-14(11)19)22-10-20-21-18(22)28-9-16(23)26-8-13-5-6-15(27-13)17(24)25-2/h3-7,10H,8-9H2,1-2H3. The third kappa shape index (κ3) is 4.73. The maximum atomic E-state index is 12.0. The minimum absolute atomic E-state index is 0.0306. The fraction of sp³-hybridized carbons (Fsp3) is 0.222. The molecule has 1 aromatic carbocycles. The quantitative estimate of drug-likeness (QED) is 0.422. The van der Waals surface area contributed by atoms with Gasteiger partial charge in [-0.25, -0.2) is 4.79 Å². The average Bonchev–Trinajstić information content (AvgIpc) is 3.35. The number of carbonyl (C=O) groups is 2. The highest BCUT2D eigenvalue weighted by Gasteiger charge is 2.14. The Labute approximate surface area is 169 Å². The molecule has 10 heteroatoms. The first-order chi connectivity index (χ1) is 13.5. The lowest BCUT2D eigenvalue weighted by Gasteiger charge is -2.08. The second-order valence-corrected chi connectivity index (χ2v) is 6.97. The van der Waals surface area contributed by atoms with E-state index >= 15 is 0 Å². The van der Waals surface area contributed by atoms with Crippen molar-refractivity contribution >= 4 is 35.3 Å². The van der Waals surface area contributed by atoms with Gasteiger partial charge in [0.2, 0.25) is 5.76 Å².